The molecule has 0 unspecified atom stereocenters. The van der Waals surface area contributed by atoms with Gasteiger partial charge >= 0.3 is 6.18 Å². The zero-order valence-corrected chi connectivity index (χ0v) is 24.4. The third-order valence-corrected chi connectivity index (χ3v) is 6.66. The number of benzene rings is 2. The van der Waals surface area contributed by atoms with Crippen LogP contribution in [0.1, 0.15) is 47.2 Å². The van der Waals surface area contributed by atoms with Gasteiger partial charge in [0, 0.05) is 22.5 Å². The Kier molecular flexibility index (Phi) is 7.91. The fourth-order valence-corrected chi connectivity index (χ4v) is 4.45. The molecule has 0 bridgehead atoms. The molecule has 4 N–H and O–H groups in total. The van der Waals surface area contributed by atoms with Crippen molar-refractivity contribution in [1.82, 2.24) is 24.5 Å². The van der Waals surface area contributed by atoms with E-state index >= 15 is 0 Å². The number of amides is 2. The van der Waals surface area contributed by atoms with Gasteiger partial charge in [-0.1, -0.05) is 29.8 Å². The van der Waals surface area contributed by atoms with Crippen LogP contribution < -0.4 is 16.4 Å². The van der Waals surface area contributed by atoms with E-state index in [1.165, 1.54) is 23.0 Å². The highest BCUT2D eigenvalue weighted by Crippen LogP contribution is 2.35. The largest absolute Gasteiger partial charge is 0.433 e. The van der Waals surface area contributed by atoms with Crippen molar-refractivity contribution in [2.45, 2.75) is 32.5 Å². The lowest BCUT2D eigenvalue weighted by Crippen LogP contribution is -2.25. The quantitative estimate of drug-likeness (QED) is 0.186. The van der Waals surface area contributed by atoms with Crippen LogP contribution in [-0.4, -0.2) is 36.4 Å². The maximum Gasteiger partial charge on any atom is 0.433 e. The molecule has 3 heterocycles. The lowest BCUT2D eigenvalue weighted by molar-refractivity contribution is -0.141. The first-order valence-corrected chi connectivity index (χ1v) is 13.6. The molecule has 0 saturated carbocycles. The number of nitrogens with zero attached hydrogens (tertiary/aromatic N) is 5. The van der Waals surface area contributed by atoms with Gasteiger partial charge in [0.25, 0.3) is 11.8 Å². The van der Waals surface area contributed by atoms with Crippen LogP contribution in [-0.2, 0) is 11.7 Å². The molecule has 14 heteroatoms. The van der Waals surface area contributed by atoms with Crippen LogP contribution in [0, 0.1) is 0 Å². The highest BCUT2D eigenvalue weighted by atomic mass is 35.5. The smallest absolute Gasteiger partial charge is 0.365 e. The number of carbonyl (C=O) groups is 2. The molecule has 2 aromatic carbocycles. The Labute approximate surface area is 254 Å². The van der Waals surface area contributed by atoms with Crippen molar-refractivity contribution in [2.75, 3.05) is 10.6 Å². The molecule has 0 spiro atoms. The lowest BCUT2D eigenvalue weighted by atomic mass is 10.1. The normalized spacial score (nSPS) is 11.8. The first kappa shape index (κ1) is 30.3. The predicted octanol–water partition coefficient (Wildman–Crippen LogP) is 6.65. The monoisotopic (exact) mass is 622 g/mol. The highest BCUT2D eigenvalue weighted by Gasteiger charge is 2.33. The number of aromatic nitrogens is 5. The number of anilines is 3. The van der Waals surface area contributed by atoms with Gasteiger partial charge in [-0.05, 0) is 69.3 Å². The number of hydrogen-bond donors (Lipinski definition) is 3. The summed E-state index contributed by atoms with van der Waals surface area (Å²) in [4.78, 5) is 29.3. The fraction of sp³-hybridized carbons (Fsp3) is 0.167. The van der Waals surface area contributed by atoms with E-state index in [0.717, 1.165) is 11.8 Å². The van der Waals surface area contributed by atoms with Crippen LogP contribution in [0.2, 0.25) is 5.02 Å². The van der Waals surface area contributed by atoms with Crippen molar-refractivity contribution >= 4 is 40.7 Å². The summed E-state index contributed by atoms with van der Waals surface area (Å²) in [6.07, 6.45) is -1.64. The molecule has 226 valence electrons. The summed E-state index contributed by atoms with van der Waals surface area (Å²) in [7, 11) is 0. The SMILES string of the molecule is CC(C)(C)n1nc(-c2ccc(NC(=O)c3cnn(-c4ccc(Cl)cc4)c3)cc2)c(C(N)=O)c1Nc1cccc(C(F)(F)F)n1. The Morgan fingerprint density at radius 3 is 2.25 bits per heavy atom. The van der Waals surface area contributed by atoms with Crippen molar-refractivity contribution in [3.8, 4) is 16.9 Å². The van der Waals surface area contributed by atoms with E-state index in [1.807, 2.05) is 20.8 Å². The summed E-state index contributed by atoms with van der Waals surface area (Å²) in [5, 5.41) is 15.0. The second-order valence-corrected chi connectivity index (χ2v) is 11.2. The van der Waals surface area contributed by atoms with Gasteiger partial charge in [-0.3, -0.25) is 9.59 Å². The summed E-state index contributed by atoms with van der Waals surface area (Å²) in [6.45, 7) is 5.44. The zero-order valence-electron chi connectivity index (χ0n) is 23.6. The minimum Gasteiger partial charge on any atom is -0.365 e. The van der Waals surface area contributed by atoms with E-state index < -0.39 is 29.2 Å². The Bertz CT molecular complexity index is 1840. The molecule has 0 aliphatic rings. The Morgan fingerprint density at radius 1 is 0.955 bits per heavy atom. The number of rotatable bonds is 7. The number of carbonyl (C=O) groups excluding carboxylic acids is 2. The second-order valence-electron chi connectivity index (χ2n) is 10.7. The molecule has 3 aromatic heterocycles. The standard InChI is InChI=1S/C30H26ClF3N8O2/c1-29(2,3)42-27(39-23-6-4-5-22(38-23)30(32,33)34)24(26(35)43)25(40-42)17-7-11-20(12-8-17)37-28(44)18-15-36-41(16-18)21-13-9-19(31)10-14-21/h4-16H,1-3H3,(H2,35,43)(H,37,44)(H,38,39). The van der Waals surface area contributed by atoms with Crippen LogP contribution in [0.3, 0.4) is 0 Å². The van der Waals surface area contributed by atoms with Crippen molar-refractivity contribution in [2.24, 2.45) is 5.73 Å². The first-order chi connectivity index (χ1) is 20.7. The molecule has 0 radical (unpaired) electrons. The summed E-state index contributed by atoms with van der Waals surface area (Å²) >= 11 is 5.94. The molecule has 2 amide bonds. The van der Waals surface area contributed by atoms with E-state index in [9.17, 15) is 22.8 Å². The van der Waals surface area contributed by atoms with Crippen LogP contribution >= 0.6 is 11.6 Å². The molecular formula is C30H26ClF3N8O2. The van der Waals surface area contributed by atoms with Crippen LogP contribution in [0.4, 0.5) is 30.5 Å². The van der Waals surface area contributed by atoms with E-state index in [-0.39, 0.29) is 22.9 Å². The first-order valence-electron chi connectivity index (χ1n) is 13.2. The van der Waals surface area contributed by atoms with Gasteiger partial charge in [0.15, 0.2) is 0 Å². The molecule has 0 saturated heterocycles. The average molecular weight is 623 g/mol. The van der Waals surface area contributed by atoms with Gasteiger partial charge in [-0.25, -0.2) is 14.3 Å². The second kappa shape index (κ2) is 11.5. The number of halogens is 4. The van der Waals surface area contributed by atoms with Crippen LogP contribution in [0.25, 0.3) is 16.9 Å². The molecule has 44 heavy (non-hydrogen) atoms. The summed E-state index contributed by atoms with van der Waals surface area (Å²) in [5.74, 6) is -1.30. The van der Waals surface area contributed by atoms with Crippen molar-refractivity contribution in [3.05, 3.63) is 101 Å². The van der Waals surface area contributed by atoms with Crippen molar-refractivity contribution in [3.63, 3.8) is 0 Å². The van der Waals surface area contributed by atoms with E-state index in [1.54, 1.807) is 59.4 Å². The Hall–Kier alpha value is -5.17. The lowest BCUT2D eigenvalue weighted by Gasteiger charge is -2.23. The number of primary amides is 1. The fourth-order valence-electron chi connectivity index (χ4n) is 4.33. The third-order valence-electron chi connectivity index (χ3n) is 6.41. The van der Waals surface area contributed by atoms with Gasteiger partial charge < -0.3 is 16.4 Å². The maximum absolute atomic E-state index is 13.3. The molecule has 0 aliphatic carbocycles. The molecule has 5 rings (SSSR count). The topological polar surface area (TPSA) is 133 Å². The van der Waals surface area contributed by atoms with Crippen molar-refractivity contribution < 1.29 is 22.8 Å². The van der Waals surface area contributed by atoms with E-state index in [4.69, 9.17) is 17.3 Å². The summed E-state index contributed by atoms with van der Waals surface area (Å²) < 4.78 is 42.9. The molecule has 10 nitrogen and oxygen atoms in total. The minimum absolute atomic E-state index is 0.0365. The van der Waals surface area contributed by atoms with Crippen LogP contribution in [0.15, 0.2) is 79.1 Å². The predicted molar refractivity (Wildman–Crippen MR) is 160 cm³/mol. The summed E-state index contributed by atoms with van der Waals surface area (Å²) in [6, 6.07) is 16.9. The van der Waals surface area contributed by atoms with Gasteiger partial charge in [0.2, 0.25) is 0 Å². The Balaban J connectivity index is 1.43. The maximum atomic E-state index is 13.3. The number of hydrogen-bond acceptors (Lipinski definition) is 6. The molecule has 0 atom stereocenters. The van der Waals surface area contributed by atoms with Crippen molar-refractivity contribution in [1.29, 1.82) is 0 Å². The molecule has 5 aromatic rings. The highest BCUT2D eigenvalue weighted by molar-refractivity contribution is 6.30. The molecule has 0 fully saturated rings. The number of pyridine rings is 1. The van der Waals surface area contributed by atoms with Crippen LogP contribution in [0.5, 0.6) is 0 Å². The van der Waals surface area contributed by atoms with Gasteiger partial charge in [-0.2, -0.15) is 23.4 Å². The zero-order chi connectivity index (χ0) is 31.8. The van der Waals surface area contributed by atoms with Gasteiger partial charge in [0.1, 0.15) is 28.6 Å². The van der Waals surface area contributed by atoms with E-state index in [2.05, 4.69) is 25.8 Å². The molecule has 0 aliphatic heterocycles. The summed E-state index contributed by atoms with van der Waals surface area (Å²) in [5.41, 5.74) is 6.12. The minimum atomic E-state index is -4.66. The third kappa shape index (κ3) is 6.42. The number of nitrogens with two attached hydrogens (primary N) is 1. The number of nitrogens with one attached hydrogen (secondary N) is 2. The van der Waals surface area contributed by atoms with Gasteiger partial charge in [0.05, 0.1) is 23.0 Å². The number of alkyl halides is 3. The van der Waals surface area contributed by atoms with Gasteiger partial charge in [-0.15, -0.1) is 0 Å². The Morgan fingerprint density at radius 2 is 1.64 bits per heavy atom. The molecular weight excluding hydrogens is 597 g/mol. The van der Waals surface area contributed by atoms with E-state index in [0.29, 0.717) is 21.8 Å². The average Bonchev–Trinajstić information content (AvgIpc) is 3.60.